The van der Waals surface area contributed by atoms with Crippen molar-refractivity contribution in [1.82, 2.24) is 10.3 Å². The zero-order valence-electron chi connectivity index (χ0n) is 10.9. The van der Waals surface area contributed by atoms with E-state index in [-0.39, 0.29) is 5.54 Å². The molecule has 0 saturated heterocycles. The van der Waals surface area contributed by atoms with Gasteiger partial charge in [-0.3, -0.25) is 4.98 Å². The highest BCUT2D eigenvalue weighted by Gasteiger charge is 2.43. The van der Waals surface area contributed by atoms with Gasteiger partial charge in [-0.2, -0.15) is 0 Å². The maximum atomic E-state index is 6.17. The predicted molar refractivity (Wildman–Crippen MR) is 72.4 cm³/mol. The Hall–Kier alpha value is -0.600. The van der Waals surface area contributed by atoms with E-state index in [4.69, 9.17) is 11.6 Å². The Morgan fingerprint density at radius 2 is 2.12 bits per heavy atom. The first-order valence-electron chi connectivity index (χ1n) is 6.24. The fraction of sp³-hybridized carbons (Fsp3) is 0.643. The molecule has 1 heterocycles. The fourth-order valence-electron chi connectivity index (χ4n) is 2.00. The SMILES string of the molecule is CC(C)(C)NCC1(Cc2ccncc2Cl)CC1. The van der Waals surface area contributed by atoms with Crippen LogP contribution < -0.4 is 5.32 Å². The highest BCUT2D eigenvalue weighted by molar-refractivity contribution is 6.31. The third kappa shape index (κ3) is 3.68. The van der Waals surface area contributed by atoms with Crippen molar-refractivity contribution in [1.29, 1.82) is 0 Å². The van der Waals surface area contributed by atoms with Crippen LogP contribution in [0.15, 0.2) is 18.5 Å². The Morgan fingerprint density at radius 1 is 1.41 bits per heavy atom. The number of nitrogens with zero attached hydrogens (tertiary/aromatic N) is 1. The van der Waals surface area contributed by atoms with Crippen molar-refractivity contribution < 1.29 is 0 Å². The largest absolute Gasteiger partial charge is 0.312 e. The molecule has 0 spiro atoms. The minimum atomic E-state index is 0.192. The summed E-state index contributed by atoms with van der Waals surface area (Å²) < 4.78 is 0. The molecule has 17 heavy (non-hydrogen) atoms. The van der Waals surface area contributed by atoms with Gasteiger partial charge in [-0.05, 0) is 57.1 Å². The number of hydrogen-bond donors (Lipinski definition) is 1. The molecule has 0 radical (unpaired) electrons. The van der Waals surface area contributed by atoms with Gasteiger partial charge in [0.25, 0.3) is 0 Å². The molecule has 94 valence electrons. The topological polar surface area (TPSA) is 24.9 Å². The molecular formula is C14H21ClN2. The molecule has 1 fully saturated rings. The van der Waals surface area contributed by atoms with E-state index in [0.717, 1.165) is 18.0 Å². The maximum Gasteiger partial charge on any atom is 0.0621 e. The van der Waals surface area contributed by atoms with E-state index in [1.807, 2.05) is 12.3 Å². The zero-order chi connectivity index (χ0) is 12.5. The average Bonchev–Trinajstić information content (AvgIpc) is 2.99. The van der Waals surface area contributed by atoms with E-state index in [0.29, 0.717) is 5.41 Å². The molecule has 0 aliphatic heterocycles. The van der Waals surface area contributed by atoms with Crippen LogP contribution in [-0.2, 0) is 6.42 Å². The first-order valence-corrected chi connectivity index (χ1v) is 6.62. The number of hydrogen-bond acceptors (Lipinski definition) is 2. The second-order valence-corrected chi connectivity index (χ2v) is 6.65. The van der Waals surface area contributed by atoms with Crippen molar-refractivity contribution in [3.63, 3.8) is 0 Å². The summed E-state index contributed by atoms with van der Waals surface area (Å²) >= 11 is 6.17. The van der Waals surface area contributed by atoms with E-state index in [9.17, 15) is 0 Å². The minimum absolute atomic E-state index is 0.192. The highest BCUT2D eigenvalue weighted by atomic mass is 35.5. The van der Waals surface area contributed by atoms with Gasteiger partial charge in [-0.15, -0.1) is 0 Å². The Kier molecular flexibility index (Phi) is 3.46. The smallest absolute Gasteiger partial charge is 0.0621 e. The average molecular weight is 253 g/mol. The van der Waals surface area contributed by atoms with Gasteiger partial charge in [0.1, 0.15) is 0 Å². The molecule has 1 N–H and O–H groups in total. The number of pyridine rings is 1. The van der Waals surface area contributed by atoms with E-state index in [1.54, 1.807) is 6.20 Å². The Bertz CT molecular complexity index is 391. The lowest BCUT2D eigenvalue weighted by Gasteiger charge is -2.25. The second kappa shape index (κ2) is 4.58. The molecule has 1 aliphatic rings. The van der Waals surface area contributed by atoms with Crippen molar-refractivity contribution >= 4 is 11.6 Å². The lowest BCUT2D eigenvalue weighted by molar-refractivity contribution is 0.356. The van der Waals surface area contributed by atoms with Crippen LogP contribution in [0.1, 0.15) is 39.2 Å². The predicted octanol–water partition coefficient (Wildman–Crippen LogP) is 3.45. The van der Waals surface area contributed by atoms with Gasteiger partial charge in [0.05, 0.1) is 5.02 Å². The third-order valence-corrected chi connectivity index (χ3v) is 3.71. The maximum absolute atomic E-state index is 6.17. The van der Waals surface area contributed by atoms with Crippen LogP contribution in [0.5, 0.6) is 0 Å². The van der Waals surface area contributed by atoms with Crippen LogP contribution in [0.3, 0.4) is 0 Å². The molecule has 0 unspecified atom stereocenters. The molecule has 1 saturated carbocycles. The van der Waals surface area contributed by atoms with E-state index >= 15 is 0 Å². The summed E-state index contributed by atoms with van der Waals surface area (Å²) in [5.74, 6) is 0. The van der Waals surface area contributed by atoms with Gasteiger partial charge in [0, 0.05) is 24.5 Å². The summed E-state index contributed by atoms with van der Waals surface area (Å²) in [5, 5.41) is 4.41. The second-order valence-electron chi connectivity index (χ2n) is 6.25. The zero-order valence-corrected chi connectivity index (χ0v) is 11.6. The van der Waals surface area contributed by atoms with E-state index in [2.05, 4.69) is 31.1 Å². The molecule has 0 amide bonds. The lowest BCUT2D eigenvalue weighted by atomic mass is 9.95. The molecule has 1 aliphatic carbocycles. The van der Waals surface area contributed by atoms with Gasteiger partial charge in [0.2, 0.25) is 0 Å². The highest BCUT2D eigenvalue weighted by Crippen LogP contribution is 2.48. The van der Waals surface area contributed by atoms with Crippen LogP contribution in [0.25, 0.3) is 0 Å². The van der Waals surface area contributed by atoms with Crippen LogP contribution in [0.2, 0.25) is 5.02 Å². The molecule has 1 aromatic heterocycles. The van der Waals surface area contributed by atoms with Gasteiger partial charge >= 0.3 is 0 Å². The molecule has 0 aromatic carbocycles. The Morgan fingerprint density at radius 3 is 2.65 bits per heavy atom. The van der Waals surface area contributed by atoms with Gasteiger partial charge in [-0.25, -0.2) is 0 Å². The Labute approximate surface area is 109 Å². The normalized spacial score (nSPS) is 18.1. The quantitative estimate of drug-likeness (QED) is 0.888. The molecule has 0 atom stereocenters. The van der Waals surface area contributed by atoms with Crippen molar-refractivity contribution in [3.05, 3.63) is 29.0 Å². The summed E-state index contributed by atoms with van der Waals surface area (Å²) in [4.78, 5) is 4.03. The molecule has 3 heteroatoms. The van der Waals surface area contributed by atoms with Crippen LogP contribution in [0.4, 0.5) is 0 Å². The van der Waals surface area contributed by atoms with Crippen molar-refractivity contribution in [2.24, 2.45) is 5.41 Å². The van der Waals surface area contributed by atoms with Crippen molar-refractivity contribution in [3.8, 4) is 0 Å². The van der Waals surface area contributed by atoms with Gasteiger partial charge < -0.3 is 5.32 Å². The summed E-state index contributed by atoms with van der Waals surface area (Å²) in [6.45, 7) is 7.71. The summed E-state index contributed by atoms with van der Waals surface area (Å²) in [7, 11) is 0. The molecule has 2 nitrogen and oxygen atoms in total. The fourth-order valence-corrected chi connectivity index (χ4v) is 2.18. The first-order chi connectivity index (χ1) is 7.90. The number of rotatable bonds is 4. The lowest BCUT2D eigenvalue weighted by Crippen LogP contribution is -2.40. The van der Waals surface area contributed by atoms with E-state index in [1.165, 1.54) is 18.4 Å². The monoisotopic (exact) mass is 252 g/mol. The first kappa shape index (κ1) is 12.8. The van der Waals surface area contributed by atoms with Crippen molar-refractivity contribution in [2.75, 3.05) is 6.54 Å². The summed E-state index contributed by atoms with van der Waals surface area (Å²) in [6.07, 6.45) is 7.24. The molecule has 0 bridgehead atoms. The number of nitrogens with one attached hydrogen (secondary N) is 1. The van der Waals surface area contributed by atoms with E-state index < -0.39 is 0 Å². The standard InChI is InChI=1S/C14H21ClN2/c1-13(2,3)17-10-14(5-6-14)8-11-4-7-16-9-12(11)15/h4,7,9,17H,5-6,8,10H2,1-3H3. The van der Waals surface area contributed by atoms with Crippen LogP contribution in [0, 0.1) is 5.41 Å². The Balaban J connectivity index is 1.97. The van der Waals surface area contributed by atoms with Crippen LogP contribution in [-0.4, -0.2) is 17.1 Å². The summed E-state index contributed by atoms with van der Waals surface area (Å²) in [6, 6.07) is 2.04. The van der Waals surface area contributed by atoms with Gasteiger partial charge in [-0.1, -0.05) is 11.6 Å². The van der Waals surface area contributed by atoms with Gasteiger partial charge in [0.15, 0.2) is 0 Å². The van der Waals surface area contributed by atoms with Crippen LogP contribution >= 0.6 is 11.6 Å². The number of halogens is 1. The molecule has 2 rings (SSSR count). The van der Waals surface area contributed by atoms with Crippen molar-refractivity contribution in [2.45, 2.75) is 45.6 Å². The number of aromatic nitrogens is 1. The molecular weight excluding hydrogens is 232 g/mol. The third-order valence-electron chi connectivity index (χ3n) is 3.37. The minimum Gasteiger partial charge on any atom is -0.312 e. The molecule has 1 aromatic rings. The summed E-state index contributed by atoms with van der Waals surface area (Å²) in [5.41, 5.74) is 1.85.